The molecule has 0 radical (unpaired) electrons. The summed E-state index contributed by atoms with van der Waals surface area (Å²) in [6, 6.07) is 12.3. The average molecular weight is 367 g/mol. The standard InChI is InChI=1S/C17H19ClN2O3S/c1-23-17-7-4-13(18)9-16(17)20-10-12-8-15(12)11-2-5-14(6-3-11)24(19,21)22/h2-7,9,12,15,20H,8,10H2,1H3,(H2,19,21,22)/t12-,15-/m0/s1. The van der Waals surface area contributed by atoms with Crippen molar-refractivity contribution in [3.63, 3.8) is 0 Å². The summed E-state index contributed by atoms with van der Waals surface area (Å²) >= 11 is 6.03. The van der Waals surface area contributed by atoms with Crippen molar-refractivity contribution in [3.05, 3.63) is 53.1 Å². The van der Waals surface area contributed by atoms with E-state index in [0.29, 0.717) is 16.9 Å². The molecule has 0 unspecified atom stereocenters. The Labute approximate surface area is 146 Å². The Balaban J connectivity index is 1.61. The highest BCUT2D eigenvalue weighted by atomic mass is 35.5. The van der Waals surface area contributed by atoms with E-state index >= 15 is 0 Å². The van der Waals surface area contributed by atoms with E-state index in [1.54, 1.807) is 25.3 Å². The molecule has 7 heteroatoms. The van der Waals surface area contributed by atoms with E-state index in [1.165, 1.54) is 0 Å². The molecule has 3 N–H and O–H groups in total. The van der Waals surface area contributed by atoms with Crippen molar-refractivity contribution >= 4 is 27.3 Å². The van der Waals surface area contributed by atoms with E-state index in [4.69, 9.17) is 21.5 Å². The number of rotatable bonds is 6. The Bertz CT molecular complexity index is 837. The van der Waals surface area contributed by atoms with Crippen LogP contribution < -0.4 is 15.2 Å². The van der Waals surface area contributed by atoms with Gasteiger partial charge in [0.1, 0.15) is 5.75 Å². The number of hydrogen-bond acceptors (Lipinski definition) is 4. The first-order valence-corrected chi connectivity index (χ1v) is 9.51. The lowest BCUT2D eigenvalue weighted by atomic mass is 10.1. The van der Waals surface area contributed by atoms with Crippen LogP contribution in [0.2, 0.25) is 5.02 Å². The normalized spacial score (nSPS) is 19.8. The molecule has 1 aliphatic rings. The van der Waals surface area contributed by atoms with Crippen molar-refractivity contribution in [3.8, 4) is 5.75 Å². The van der Waals surface area contributed by atoms with Crippen molar-refractivity contribution in [1.82, 2.24) is 0 Å². The largest absolute Gasteiger partial charge is 0.495 e. The predicted molar refractivity (Wildman–Crippen MR) is 95.2 cm³/mol. The fourth-order valence-corrected chi connectivity index (χ4v) is 3.53. The van der Waals surface area contributed by atoms with Crippen LogP contribution in [0.15, 0.2) is 47.4 Å². The summed E-state index contributed by atoms with van der Waals surface area (Å²) in [5.74, 6) is 1.68. The van der Waals surface area contributed by atoms with Crippen LogP contribution in [0, 0.1) is 5.92 Å². The van der Waals surface area contributed by atoms with Crippen LogP contribution in [-0.4, -0.2) is 22.1 Å². The first-order valence-electron chi connectivity index (χ1n) is 7.58. The van der Waals surface area contributed by atoms with Crippen LogP contribution in [0.4, 0.5) is 5.69 Å². The maximum Gasteiger partial charge on any atom is 0.238 e. The van der Waals surface area contributed by atoms with E-state index in [2.05, 4.69) is 5.32 Å². The van der Waals surface area contributed by atoms with Gasteiger partial charge in [-0.25, -0.2) is 13.6 Å². The zero-order valence-corrected chi connectivity index (χ0v) is 14.8. The van der Waals surface area contributed by atoms with Gasteiger partial charge in [-0.05, 0) is 54.2 Å². The maximum atomic E-state index is 11.3. The molecule has 2 aromatic carbocycles. The monoisotopic (exact) mass is 366 g/mol. The van der Waals surface area contributed by atoms with Crippen LogP contribution in [-0.2, 0) is 10.0 Å². The van der Waals surface area contributed by atoms with E-state index in [0.717, 1.165) is 30.0 Å². The minimum atomic E-state index is -3.64. The van der Waals surface area contributed by atoms with Gasteiger partial charge in [-0.3, -0.25) is 0 Å². The number of methoxy groups -OCH3 is 1. The summed E-state index contributed by atoms with van der Waals surface area (Å²) in [4.78, 5) is 0.144. The lowest BCUT2D eigenvalue weighted by Crippen LogP contribution is -2.11. The smallest absolute Gasteiger partial charge is 0.238 e. The molecule has 0 bridgehead atoms. The van der Waals surface area contributed by atoms with Crippen LogP contribution in [0.3, 0.4) is 0 Å². The summed E-state index contributed by atoms with van der Waals surface area (Å²) in [6.07, 6.45) is 1.06. The number of hydrogen-bond donors (Lipinski definition) is 2. The molecule has 0 spiro atoms. The number of halogens is 1. The van der Waals surface area contributed by atoms with Gasteiger partial charge in [0, 0.05) is 11.6 Å². The van der Waals surface area contributed by atoms with Gasteiger partial charge in [0.05, 0.1) is 17.7 Å². The Morgan fingerprint density at radius 3 is 2.58 bits per heavy atom. The molecule has 0 aliphatic heterocycles. The minimum absolute atomic E-state index is 0.144. The summed E-state index contributed by atoms with van der Waals surface area (Å²) in [5.41, 5.74) is 2.01. The van der Waals surface area contributed by atoms with Crippen LogP contribution in [0.1, 0.15) is 17.9 Å². The topological polar surface area (TPSA) is 81.4 Å². The summed E-state index contributed by atoms with van der Waals surface area (Å²) in [7, 11) is -2.01. The molecule has 24 heavy (non-hydrogen) atoms. The van der Waals surface area contributed by atoms with E-state index in [9.17, 15) is 8.42 Å². The third-order valence-corrected chi connectivity index (χ3v) is 5.44. The van der Waals surface area contributed by atoms with E-state index < -0.39 is 10.0 Å². The van der Waals surface area contributed by atoms with E-state index in [1.807, 2.05) is 24.3 Å². The number of benzene rings is 2. The van der Waals surface area contributed by atoms with Crippen LogP contribution in [0.5, 0.6) is 5.75 Å². The molecule has 1 aliphatic carbocycles. The first-order chi connectivity index (χ1) is 11.4. The fraction of sp³-hybridized carbons (Fsp3) is 0.294. The summed E-state index contributed by atoms with van der Waals surface area (Å²) in [6.45, 7) is 0.804. The molecule has 5 nitrogen and oxygen atoms in total. The second kappa shape index (κ2) is 6.63. The van der Waals surface area contributed by atoms with Crippen LogP contribution >= 0.6 is 11.6 Å². The Kier molecular flexibility index (Phi) is 4.71. The number of anilines is 1. The van der Waals surface area contributed by atoms with Crippen molar-refractivity contribution in [2.45, 2.75) is 17.2 Å². The van der Waals surface area contributed by atoms with Gasteiger partial charge in [0.2, 0.25) is 10.0 Å². The minimum Gasteiger partial charge on any atom is -0.495 e. The fourth-order valence-electron chi connectivity index (χ4n) is 2.85. The van der Waals surface area contributed by atoms with Crippen molar-refractivity contribution in [2.75, 3.05) is 19.0 Å². The highest BCUT2D eigenvalue weighted by molar-refractivity contribution is 7.89. The molecule has 3 rings (SSSR count). The van der Waals surface area contributed by atoms with Gasteiger partial charge in [-0.1, -0.05) is 23.7 Å². The quantitative estimate of drug-likeness (QED) is 0.822. The number of ether oxygens (including phenoxy) is 1. The molecule has 0 heterocycles. The molecule has 0 aromatic heterocycles. The Morgan fingerprint density at radius 2 is 1.96 bits per heavy atom. The van der Waals surface area contributed by atoms with Gasteiger partial charge in [-0.2, -0.15) is 0 Å². The molecule has 0 saturated heterocycles. The summed E-state index contributed by atoms with van der Waals surface area (Å²) < 4.78 is 27.9. The third kappa shape index (κ3) is 3.83. The van der Waals surface area contributed by atoms with Gasteiger partial charge in [0.15, 0.2) is 0 Å². The number of nitrogens with two attached hydrogens (primary N) is 1. The van der Waals surface area contributed by atoms with Crippen molar-refractivity contribution in [2.24, 2.45) is 11.1 Å². The molecule has 2 aromatic rings. The zero-order valence-electron chi connectivity index (χ0n) is 13.2. The lowest BCUT2D eigenvalue weighted by molar-refractivity contribution is 0.416. The van der Waals surface area contributed by atoms with Gasteiger partial charge in [0.25, 0.3) is 0 Å². The first kappa shape index (κ1) is 17.1. The average Bonchev–Trinajstić information content (AvgIpc) is 3.32. The van der Waals surface area contributed by atoms with E-state index in [-0.39, 0.29) is 4.90 Å². The molecule has 128 valence electrons. The second-order valence-electron chi connectivity index (χ2n) is 5.94. The molecule has 2 atom stereocenters. The SMILES string of the molecule is COc1ccc(Cl)cc1NC[C@@H]1C[C@H]1c1ccc(S(N)(=O)=O)cc1. The number of nitrogens with one attached hydrogen (secondary N) is 1. The lowest BCUT2D eigenvalue weighted by Gasteiger charge is -2.11. The molecule has 1 fully saturated rings. The molecular formula is C17H19ClN2O3S. The predicted octanol–water partition coefficient (Wildman–Crippen LogP) is 3.21. The number of sulfonamides is 1. The van der Waals surface area contributed by atoms with Gasteiger partial charge in [-0.15, -0.1) is 0 Å². The number of primary sulfonamides is 1. The second-order valence-corrected chi connectivity index (χ2v) is 7.94. The molecule has 0 amide bonds. The highest BCUT2D eigenvalue weighted by Gasteiger charge is 2.38. The Hall–Kier alpha value is -1.76. The zero-order chi connectivity index (χ0) is 17.3. The molecule has 1 saturated carbocycles. The van der Waals surface area contributed by atoms with Gasteiger partial charge < -0.3 is 10.1 Å². The van der Waals surface area contributed by atoms with Crippen molar-refractivity contribution < 1.29 is 13.2 Å². The summed E-state index contributed by atoms with van der Waals surface area (Å²) in [5, 5.41) is 9.15. The Morgan fingerprint density at radius 1 is 1.25 bits per heavy atom. The third-order valence-electron chi connectivity index (χ3n) is 4.28. The van der Waals surface area contributed by atoms with Gasteiger partial charge >= 0.3 is 0 Å². The molecular weight excluding hydrogens is 348 g/mol. The maximum absolute atomic E-state index is 11.3. The van der Waals surface area contributed by atoms with Crippen LogP contribution in [0.25, 0.3) is 0 Å². The van der Waals surface area contributed by atoms with Crippen molar-refractivity contribution in [1.29, 1.82) is 0 Å². The highest BCUT2D eigenvalue weighted by Crippen LogP contribution is 2.47.